The molecule has 2 rings (SSSR count). The minimum Gasteiger partial charge on any atom is -0.465 e. The van der Waals surface area contributed by atoms with Gasteiger partial charge in [-0.05, 0) is 25.8 Å². The molecule has 0 bridgehead atoms. The van der Waals surface area contributed by atoms with E-state index in [0.29, 0.717) is 17.0 Å². The molecular weight excluding hydrogens is 358 g/mol. The number of anilines is 1. The number of methoxy groups -OCH3 is 1. The first-order valence-electron chi connectivity index (χ1n) is 8.07. The van der Waals surface area contributed by atoms with Crippen LogP contribution in [-0.2, 0) is 22.9 Å². The van der Waals surface area contributed by atoms with Crippen LogP contribution in [0.4, 0.5) is 5.00 Å². The van der Waals surface area contributed by atoms with Gasteiger partial charge in [-0.2, -0.15) is 5.10 Å². The van der Waals surface area contributed by atoms with Crippen LogP contribution in [0.2, 0.25) is 0 Å². The lowest BCUT2D eigenvalue weighted by Gasteiger charge is -2.07. The van der Waals surface area contributed by atoms with Crippen LogP contribution in [0.5, 0.6) is 0 Å². The number of amides is 1. The van der Waals surface area contributed by atoms with E-state index < -0.39 is 17.8 Å². The van der Waals surface area contributed by atoms with Crippen LogP contribution in [0.15, 0.2) is 6.07 Å². The predicted octanol–water partition coefficient (Wildman–Crippen LogP) is 2.57. The van der Waals surface area contributed by atoms with Crippen LogP contribution in [0.25, 0.3) is 0 Å². The summed E-state index contributed by atoms with van der Waals surface area (Å²) in [6.07, 6.45) is 0.640. The van der Waals surface area contributed by atoms with Gasteiger partial charge in [-0.3, -0.25) is 9.48 Å². The number of aromatic nitrogens is 2. The summed E-state index contributed by atoms with van der Waals surface area (Å²) in [6.45, 7) is 5.72. The van der Waals surface area contributed by atoms with Gasteiger partial charge in [-0.25, -0.2) is 9.59 Å². The lowest BCUT2D eigenvalue weighted by Crippen LogP contribution is -2.17. The Hall–Kier alpha value is -2.68. The first-order valence-corrected chi connectivity index (χ1v) is 8.88. The van der Waals surface area contributed by atoms with Gasteiger partial charge in [0, 0.05) is 18.0 Å². The van der Waals surface area contributed by atoms with E-state index >= 15 is 0 Å². The molecule has 0 spiro atoms. The summed E-state index contributed by atoms with van der Waals surface area (Å²) in [5.74, 6) is -1.58. The van der Waals surface area contributed by atoms with Crippen molar-refractivity contribution in [1.82, 2.24) is 9.78 Å². The van der Waals surface area contributed by atoms with E-state index in [9.17, 15) is 14.4 Å². The van der Waals surface area contributed by atoms with E-state index in [4.69, 9.17) is 9.47 Å². The summed E-state index contributed by atoms with van der Waals surface area (Å²) >= 11 is 1.31. The number of rotatable bonds is 6. The maximum Gasteiger partial charge on any atom is 0.358 e. The normalized spacial score (nSPS) is 10.5. The second kappa shape index (κ2) is 8.13. The van der Waals surface area contributed by atoms with Gasteiger partial charge in [-0.15, -0.1) is 11.3 Å². The van der Waals surface area contributed by atoms with Crippen LogP contribution >= 0.6 is 11.3 Å². The summed E-state index contributed by atoms with van der Waals surface area (Å²) in [4.78, 5) is 37.5. The zero-order valence-corrected chi connectivity index (χ0v) is 16.2. The van der Waals surface area contributed by atoms with Crippen molar-refractivity contribution in [3.05, 3.63) is 33.5 Å². The van der Waals surface area contributed by atoms with Crippen LogP contribution in [-0.4, -0.2) is 41.3 Å². The molecule has 0 aliphatic rings. The highest BCUT2D eigenvalue weighted by atomic mass is 32.1. The van der Waals surface area contributed by atoms with Crippen molar-refractivity contribution in [2.24, 2.45) is 7.05 Å². The molecule has 2 aromatic rings. The van der Waals surface area contributed by atoms with Crippen molar-refractivity contribution >= 4 is 34.2 Å². The Balaban J connectivity index is 2.34. The molecule has 0 aromatic carbocycles. The van der Waals surface area contributed by atoms with Gasteiger partial charge >= 0.3 is 11.9 Å². The van der Waals surface area contributed by atoms with Crippen molar-refractivity contribution in [3.63, 3.8) is 0 Å². The lowest BCUT2D eigenvalue weighted by molar-refractivity contribution is 0.0517. The van der Waals surface area contributed by atoms with Gasteiger partial charge < -0.3 is 14.8 Å². The molecule has 1 amide bonds. The van der Waals surface area contributed by atoms with Crippen LogP contribution in [0, 0.1) is 6.92 Å². The molecule has 0 saturated carbocycles. The van der Waals surface area contributed by atoms with E-state index in [1.165, 1.54) is 29.2 Å². The maximum atomic E-state index is 12.6. The third-order valence-corrected chi connectivity index (χ3v) is 4.84. The zero-order chi connectivity index (χ0) is 19.4. The lowest BCUT2D eigenvalue weighted by atomic mass is 10.1. The number of carbonyl (C=O) groups is 3. The first-order chi connectivity index (χ1) is 12.3. The number of nitrogens with one attached hydrogen (secondary N) is 1. The largest absolute Gasteiger partial charge is 0.465 e. The molecule has 2 aromatic heterocycles. The van der Waals surface area contributed by atoms with Crippen LogP contribution in [0.1, 0.15) is 55.6 Å². The van der Waals surface area contributed by atoms with Gasteiger partial charge in [0.25, 0.3) is 5.91 Å². The van der Waals surface area contributed by atoms with Gasteiger partial charge in [0.2, 0.25) is 0 Å². The molecule has 26 heavy (non-hydrogen) atoms. The van der Waals surface area contributed by atoms with Gasteiger partial charge in [0.1, 0.15) is 10.7 Å². The van der Waals surface area contributed by atoms with E-state index in [1.807, 2.05) is 13.8 Å². The highest BCUT2D eigenvalue weighted by Crippen LogP contribution is 2.34. The summed E-state index contributed by atoms with van der Waals surface area (Å²) in [6, 6.07) is 1.35. The van der Waals surface area contributed by atoms with Gasteiger partial charge in [0.15, 0.2) is 5.69 Å². The highest BCUT2D eigenvalue weighted by molar-refractivity contribution is 7.16. The number of thiophene rings is 1. The standard InChI is InChI=1S/C17H21N3O5S/c1-6-10-9(3)26-15(13(10)17(23)24-5)18-14(21)12-8-11(19-20(12)4)16(22)25-7-2/h8H,6-7H2,1-5H3,(H,18,21). The number of aryl methyl sites for hydroxylation is 2. The molecule has 0 unspecified atom stereocenters. The molecule has 0 saturated heterocycles. The molecule has 0 atom stereocenters. The summed E-state index contributed by atoms with van der Waals surface area (Å²) in [5, 5.41) is 7.14. The molecule has 9 heteroatoms. The Morgan fingerprint density at radius 1 is 1.27 bits per heavy atom. The SMILES string of the molecule is CCOC(=O)c1cc(C(=O)Nc2sc(C)c(CC)c2C(=O)OC)n(C)n1. The molecule has 2 heterocycles. The number of nitrogens with zero attached hydrogens (tertiary/aromatic N) is 2. The fourth-order valence-electron chi connectivity index (χ4n) is 2.56. The second-order valence-electron chi connectivity index (χ2n) is 5.40. The highest BCUT2D eigenvalue weighted by Gasteiger charge is 2.25. The average molecular weight is 379 g/mol. The van der Waals surface area contributed by atoms with Crippen molar-refractivity contribution < 1.29 is 23.9 Å². The number of ether oxygens (including phenoxy) is 2. The van der Waals surface area contributed by atoms with Crippen molar-refractivity contribution in [3.8, 4) is 0 Å². The Labute approximate surface area is 155 Å². The fourth-order valence-corrected chi connectivity index (χ4v) is 3.69. The molecule has 0 fully saturated rings. The zero-order valence-electron chi connectivity index (χ0n) is 15.3. The summed E-state index contributed by atoms with van der Waals surface area (Å²) < 4.78 is 11.0. The summed E-state index contributed by atoms with van der Waals surface area (Å²) in [7, 11) is 2.85. The minimum atomic E-state index is -0.599. The minimum absolute atomic E-state index is 0.0456. The van der Waals surface area contributed by atoms with Crippen molar-refractivity contribution in [2.45, 2.75) is 27.2 Å². The summed E-state index contributed by atoms with van der Waals surface area (Å²) in [5.41, 5.74) is 1.42. The molecule has 0 aliphatic heterocycles. The third kappa shape index (κ3) is 3.77. The van der Waals surface area contributed by atoms with Crippen LogP contribution < -0.4 is 5.32 Å². The smallest absolute Gasteiger partial charge is 0.358 e. The van der Waals surface area contributed by atoms with Crippen molar-refractivity contribution in [2.75, 3.05) is 19.0 Å². The Bertz CT molecular complexity index is 853. The van der Waals surface area contributed by atoms with Crippen LogP contribution in [0.3, 0.4) is 0 Å². The molecule has 0 radical (unpaired) electrons. The number of hydrogen-bond donors (Lipinski definition) is 1. The molecule has 0 aliphatic carbocycles. The molecule has 140 valence electrons. The number of hydrogen-bond acceptors (Lipinski definition) is 7. The quantitative estimate of drug-likeness (QED) is 0.775. The second-order valence-corrected chi connectivity index (χ2v) is 6.62. The fraction of sp³-hybridized carbons (Fsp3) is 0.412. The topological polar surface area (TPSA) is 99.5 Å². The van der Waals surface area contributed by atoms with Gasteiger partial charge in [0.05, 0.1) is 19.3 Å². The predicted molar refractivity (Wildman–Crippen MR) is 96.9 cm³/mol. The van der Waals surface area contributed by atoms with Gasteiger partial charge in [-0.1, -0.05) is 6.92 Å². The number of carbonyl (C=O) groups excluding carboxylic acids is 3. The van der Waals surface area contributed by atoms with E-state index in [-0.39, 0.29) is 18.0 Å². The Morgan fingerprint density at radius 3 is 2.54 bits per heavy atom. The van der Waals surface area contributed by atoms with E-state index in [0.717, 1.165) is 10.4 Å². The first kappa shape index (κ1) is 19.6. The maximum absolute atomic E-state index is 12.6. The van der Waals surface area contributed by atoms with Crippen molar-refractivity contribution in [1.29, 1.82) is 0 Å². The third-order valence-electron chi connectivity index (χ3n) is 3.78. The molecular formula is C17H21N3O5S. The molecule has 1 N–H and O–H groups in total. The Kier molecular flexibility index (Phi) is 6.14. The average Bonchev–Trinajstić information content (AvgIpc) is 3.14. The van der Waals surface area contributed by atoms with E-state index in [2.05, 4.69) is 10.4 Å². The number of esters is 2. The monoisotopic (exact) mass is 379 g/mol. The Morgan fingerprint density at radius 2 is 1.96 bits per heavy atom. The van der Waals surface area contributed by atoms with E-state index in [1.54, 1.807) is 14.0 Å². The molecule has 8 nitrogen and oxygen atoms in total.